The van der Waals surface area contributed by atoms with Gasteiger partial charge in [-0.3, -0.25) is 9.69 Å². The third-order valence-corrected chi connectivity index (χ3v) is 6.51. The monoisotopic (exact) mass is 373 g/mol. The predicted octanol–water partition coefficient (Wildman–Crippen LogP) is 2.70. The zero-order valence-electron chi connectivity index (χ0n) is 16.4. The first-order valence-electron chi connectivity index (χ1n) is 9.84. The van der Waals surface area contributed by atoms with Gasteiger partial charge in [-0.1, -0.05) is 30.3 Å². The number of hydrogen-bond acceptors (Lipinski definition) is 3. The fourth-order valence-corrected chi connectivity index (χ4v) is 4.42. The van der Waals surface area contributed by atoms with E-state index in [1.165, 1.54) is 5.56 Å². The SMILES string of the molecule is C[C@H](NC(=O)O)C(C)(C)C(=O)N[C@@H]1CC[C@H]2CN(Cc3ccccc3)C[C@H]21. The minimum absolute atomic E-state index is 0.0732. The number of nitrogens with zero attached hydrogens (tertiary/aromatic N) is 1. The lowest BCUT2D eigenvalue weighted by Crippen LogP contribution is -2.53. The van der Waals surface area contributed by atoms with Crippen LogP contribution in [0.5, 0.6) is 0 Å². The molecule has 0 unspecified atom stereocenters. The predicted molar refractivity (Wildman–Crippen MR) is 104 cm³/mol. The van der Waals surface area contributed by atoms with Crippen LogP contribution in [0.1, 0.15) is 39.2 Å². The summed E-state index contributed by atoms with van der Waals surface area (Å²) in [5.41, 5.74) is 0.534. The van der Waals surface area contributed by atoms with E-state index in [0.29, 0.717) is 11.8 Å². The van der Waals surface area contributed by atoms with E-state index in [0.717, 1.165) is 32.5 Å². The van der Waals surface area contributed by atoms with E-state index in [1.807, 2.05) is 6.07 Å². The van der Waals surface area contributed by atoms with Crippen LogP contribution in [0.15, 0.2) is 30.3 Å². The van der Waals surface area contributed by atoms with Gasteiger partial charge in [-0.25, -0.2) is 4.79 Å². The van der Waals surface area contributed by atoms with Crippen LogP contribution >= 0.6 is 0 Å². The maximum atomic E-state index is 12.8. The Bertz CT molecular complexity index is 677. The molecule has 2 fully saturated rings. The van der Waals surface area contributed by atoms with Gasteiger partial charge in [-0.15, -0.1) is 0 Å². The summed E-state index contributed by atoms with van der Waals surface area (Å²) < 4.78 is 0. The Morgan fingerprint density at radius 2 is 1.93 bits per heavy atom. The quantitative estimate of drug-likeness (QED) is 0.716. The highest BCUT2D eigenvalue weighted by Crippen LogP contribution is 2.39. The number of carboxylic acid groups (broad SMARTS) is 1. The van der Waals surface area contributed by atoms with Gasteiger partial charge >= 0.3 is 6.09 Å². The number of nitrogens with one attached hydrogen (secondary N) is 2. The standard InChI is InChI=1S/C21H31N3O3/c1-14(22-20(26)27)21(2,3)19(25)23-18-10-9-16-12-24(13-17(16)18)11-15-7-5-4-6-8-15/h4-8,14,16-18,22H,9-13H2,1-3H3,(H,23,25)(H,26,27)/t14-,16-,17+,18+/m0/s1. The van der Waals surface area contributed by atoms with Crippen molar-refractivity contribution in [3.8, 4) is 0 Å². The molecule has 4 atom stereocenters. The molecule has 2 amide bonds. The molecular weight excluding hydrogens is 342 g/mol. The fourth-order valence-electron chi connectivity index (χ4n) is 4.42. The average molecular weight is 373 g/mol. The number of likely N-dealkylation sites (tertiary alicyclic amines) is 1. The second kappa shape index (κ2) is 7.89. The van der Waals surface area contributed by atoms with Crippen LogP contribution in [0.25, 0.3) is 0 Å². The first kappa shape index (κ1) is 19.7. The normalized spacial score (nSPS) is 26.4. The smallest absolute Gasteiger partial charge is 0.404 e. The molecule has 1 aromatic rings. The van der Waals surface area contributed by atoms with Crippen LogP contribution in [0.4, 0.5) is 4.79 Å². The molecule has 1 aromatic carbocycles. The Balaban J connectivity index is 1.57. The summed E-state index contributed by atoms with van der Waals surface area (Å²) in [6.07, 6.45) is 1.05. The van der Waals surface area contributed by atoms with Crippen molar-refractivity contribution in [1.82, 2.24) is 15.5 Å². The molecule has 27 heavy (non-hydrogen) atoms. The van der Waals surface area contributed by atoms with Gasteiger partial charge in [-0.2, -0.15) is 0 Å². The van der Waals surface area contributed by atoms with Crippen molar-refractivity contribution < 1.29 is 14.7 Å². The summed E-state index contributed by atoms with van der Waals surface area (Å²) in [5, 5.41) is 14.6. The summed E-state index contributed by atoms with van der Waals surface area (Å²) in [6, 6.07) is 10.2. The van der Waals surface area contributed by atoms with Crippen LogP contribution < -0.4 is 10.6 Å². The third-order valence-electron chi connectivity index (χ3n) is 6.51. The zero-order chi connectivity index (χ0) is 19.6. The topological polar surface area (TPSA) is 81.7 Å². The summed E-state index contributed by atoms with van der Waals surface area (Å²) in [6.45, 7) is 8.39. The summed E-state index contributed by atoms with van der Waals surface area (Å²) in [7, 11) is 0. The Morgan fingerprint density at radius 1 is 1.22 bits per heavy atom. The first-order chi connectivity index (χ1) is 12.8. The van der Waals surface area contributed by atoms with Crippen LogP contribution in [0.3, 0.4) is 0 Å². The number of carbonyl (C=O) groups excluding carboxylic acids is 1. The number of amides is 2. The summed E-state index contributed by atoms with van der Waals surface area (Å²) >= 11 is 0. The second-order valence-electron chi connectivity index (χ2n) is 8.65. The van der Waals surface area contributed by atoms with Gasteiger partial charge in [0.2, 0.25) is 5.91 Å². The molecule has 148 valence electrons. The van der Waals surface area contributed by atoms with E-state index in [1.54, 1.807) is 20.8 Å². The van der Waals surface area contributed by atoms with Gasteiger partial charge in [0.15, 0.2) is 0 Å². The van der Waals surface area contributed by atoms with Gasteiger partial charge in [0.05, 0.1) is 5.41 Å². The number of fused-ring (bicyclic) bond motifs is 1. The minimum atomic E-state index is -1.10. The molecule has 6 nitrogen and oxygen atoms in total. The molecule has 1 aliphatic carbocycles. The van der Waals surface area contributed by atoms with Crippen LogP contribution in [-0.2, 0) is 11.3 Å². The maximum Gasteiger partial charge on any atom is 0.404 e. The minimum Gasteiger partial charge on any atom is -0.465 e. The van der Waals surface area contributed by atoms with Crippen molar-refractivity contribution in [3.63, 3.8) is 0 Å². The van der Waals surface area contributed by atoms with E-state index >= 15 is 0 Å². The van der Waals surface area contributed by atoms with E-state index in [2.05, 4.69) is 39.8 Å². The fraction of sp³-hybridized carbons (Fsp3) is 0.619. The highest BCUT2D eigenvalue weighted by atomic mass is 16.4. The maximum absolute atomic E-state index is 12.8. The number of rotatable bonds is 6. The highest BCUT2D eigenvalue weighted by molar-refractivity contribution is 5.83. The molecule has 0 aromatic heterocycles. The Kier molecular flexibility index (Phi) is 5.75. The molecule has 1 aliphatic heterocycles. The molecule has 6 heteroatoms. The zero-order valence-corrected chi connectivity index (χ0v) is 16.4. The lowest BCUT2D eigenvalue weighted by atomic mass is 9.83. The second-order valence-corrected chi connectivity index (χ2v) is 8.65. The lowest BCUT2D eigenvalue weighted by molar-refractivity contribution is -0.131. The third kappa shape index (κ3) is 4.43. The molecular formula is C21H31N3O3. The van der Waals surface area contributed by atoms with Crippen molar-refractivity contribution in [3.05, 3.63) is 35.9 Å². The summed E-state index contributed by atoms with van der Waals surface area (Å²) in [5.74, 6) is 1.05. The van der Waals surface area contributed by atoms with E-state index in [-0.39, 0.29) is 11.9 Å². The number of hydrogen-bond donors (Lipinski definition) is 3. The van der Waals surface area contributed by atoms with Crippen molar-refractivity contribution in [2.24, 2.45) is 17.3 Å². The van der Waals surface area contributed by atoms with Gasteiger partial charge in [0, 0.05) is 31.7 Å². The Morgan fingerprint density at radius 3 is 2.59 bits per heavy atom. The van der Waals surface area contributed by atoms with E-state index < -0.39 is 17.6 Å². The molecule has 1 saturated heterocycles. The molecule has 1 saturated carbocycles. The lowest BCUT2D eigenvalue weighted by Gasteiger charge is -2.32. The van der Waals surface area contributed by atoms with Crippen molar-refractivity contribution >= 4 is 12.0 Å². The molecule has 0 radical (unpaired) electrons. The van der Waals surface area contributed by atoms with Crippen LogP contribution in [-0.4, -0.2) is 47.2 Å². The molecule has 2 aliphatic rings. The van der Waals surface area contributed by atoms with Crippen molar-refractivity contribution in [1.29, 1.82) is 0 Å². The number of benzene rings is 1. The average Bonchev–Trinajstić information content (AvgIpc) is 3.16. The van der Waals surface area contributed by atoms with Crippen molar-refractivity contribution in [2.75, 3.05) is 13.1 Å². The Hall–Kier alpha value is -2.08. The van der Waals surface area contributed by atoms with Crippen LogP contribution in [0.2, 0.25) is 0 Å². The molecule has 3 N–H and O–H groups in total. The Labute approximate surface area is 161 Å². The van der Waals surface area contributed by atoms with Gasteiger partial charge in [0.25, 0.3) is 0 Å². The van der Waals surface area contributed by atoms with Gasteiger partial charge in [0.1, 0.15) is 0 Å². The van der Waals surface area contributed by atoms with Crippen LogP contribution in [0, 0.1) is 17.3 Å². The molecule has 0 spiro atoms. The molecule has 0 bridgehead atoms. The summed E-state index contributed by atoms with van der Waals surface area (Å²) in [4.78, 5) is 26.2. The van der Waals surface area contributed by atoms with E-state index in [9.17, 15) is 9.59 Å². The number of carbonyl (C=O) groups is 2. The first-order valence-corrected chi connectivity index (χ1v) is 9.84. The largest absolute Gasteiger partial charge is 0.465 e. The molecule has 3 rings (SSSR count). The van der Waals surface area contributed by atoms with Crippen molar-refractivity contribution in [2.45, 2.75) is 52.2 Å². The molecule has 1 heterocycles. The van der Waals surface area contributed by atoms with Gasteiger partial charge < -0.3 is 15.7 Å². The highest BCUT2D eigenvalue weighted by Gasteiger charge is 2.45. The van der Waals surface area contributed by atoms with Gasteiger partial charge in [-0.05, 0) is 51.0 Å². The van der Waals surface area contributed by atoms with E-state index in [4.69, 9.17) is 5.11 Å².